The van der Waals surface area contributed by atoms with Crippen LogP contribution in [0.2, 0.25) is 0 Å². The molecule has 0 heterocycles. The molecule has 1 unspecified atom stereocenters. The molecule has 6 nitrogen and oxygen atoms in total. The van der Waals surface area contributed by atoms with Crippen molar-refractivity contribution in [3.8, 4) is 0 Å². The third kappa shape index (κ3) is 5.86. The topological polar surface area (TPSA) is 106 Å². The van der Waals surface area contributed by atoms with Crippen LogP contribution < -0.4 is 11.1 Å². The average molecular weight is 326 g/mol. The number of hydrogen-bond donors (Lipinski definition) is 2. The predicted molar refractivity (Wildman–Crippen MR) is 88.6 cm³/mol. The first-order valence-corrected chi connectivity index (χ1v) is 7.74. The Labute approximate surface area is 138 Å². The standard InChI is InChI=1S/C17H30N2O4/c1-15(2,12(7-20)8-21)10-16(3,4)14(23)19-11-17(5,6)13(18)9-22/h7-9,12-13H,10-11,18H2,1-6H3,(H,19,23). The third-order valence-electron chi connectivity index (χ3n) is 4.46. The van der Waals surface area contributed by atoms with Gasteiger partial charge < -0.3 is 25.4 Å². The molecular weight excluding hydrogens is 296 g/mol. The molecule has 3 N–H and O–H groups in total. The summed E-state index contributed by atoms with van der Waals surface area (Å²) in [6.07, 6.45) is 2.27. The van der Waals surface area contributed by atoms with E-state index in [4.69, 9.17) is 5.73 Å². The minimum atomic E-state index is -0.769. The monoisotopic (exact) mass is 326 g/mol. The molecule has 0 aliphatic heterocycles. The molecular formula is C17H30N2O4. The van der Waals surface area contributed by atoms with E-state index < -0.39 is 28.2 Å². The van der Waals surface area contributed by atoms with E-state index in [-0.39, 0.29) is 12.5 Å². The summed E-state index contributed by atoms with van der Waals surface area (Å²) < 4.78 is 0. The number of nitrogens with one attached hydrogen (secondary N) is 1. The van der Waals surface area contributed by atoms with Gasteiger partial charge in [-0.25, -0.2) is 0 Å². The van der Waals surface area contributed by atoms with Gasteiger partial charge in [0.05, 0.1) is 12.0 Å². The van der Waals surface area contributed by atoms with Gasteiger partial charge in [0.2, 0.25) is 5.91 Å². The van der Waals surface area contributed by atoms with E-state index in [0.717, 1.165) is 0 Å². The second kappa shape index (κ2) is 7.81. The molecule has 132 valence electrons. The van der Waals surface area contributed by atoms with E-state index in [1.807, 2.05) is 0 Å². The van der Waals surface area contributed by atoms with Gasteiger partial charge in [-0.15, -0.1) is 0 Å². The fraction of sp³-hybridized carbons (Fsp3) is 0.765. The number of nitrogens with two attached hydrogens (primary N) is 1. The molecule has 0 aliphatic rings. The molecule has 1 atom stereocenters. The lowest BCUT2D eigenvalue weighted by Crippen LogP contribution is -2.49. The highest BCUT2D eigenvalue weighted by atomic mass is 16.2. The van der Waals surface area contributed by atoms with Gasteiger partial charge in [0.15, 0.2) is 0 Å². The Hall–Kier alpha value is -1.56. The van der Waals surface area contributed by atoms with Crippen molar-refractivity contribution in [1.82, 2.24) is 5.32 Å². The highest BCUT2D eigenvalue weighted by Gasteiger charge is 2.39. The summed E-state index contributed by atoms with van der Waals surface area (Å²) in [4.78, 5) is 45.4. The molecule has 23 heavy (non-hydrogen) atoms. The number of hydrogen-bond acceptors (Lipinski definition) is 5. The van der Waals surface area contributed by atoms with E-state index in [1.54, 1.807) is 41.5 Å². The molecule has 0 spiro atoms. The second-order valence-electron chi connectivity index (χ2n) is 8.18. The maximum atomic E-state index is 12.5. The van der Waals surface area contributed by atoms with Crippen molar-refractivity contribution in [1.29, 1.82) is 0 Å². The van der Waals surface area contributed by atoms with Crippen molar-refractivity contribution < 1.29 is 19.2 Å². The maximum Gasteiger partial charge on any atom is 0.225 e. The fourth-order valence-electron chi connectivity index (χ4n) is 2.59. The molecule has 0 rings (SSSR count). The smallest absolute Gasteiger partial charge is 0.225 e. The molecule has 0 aliphatic carbocycles. The predicted octanol–water partition coefficient (Wildman–Crippen LogP) is 1.11. The summed E-state index contributed by atoms with van der Waals surface area (Å²) in [7, 11) is 0. The number of rotatable bonds is 10. The van der Waals surface area contributed by atoms with Crippen LogP contribution in [0.5, 0.6) is 0 Å². The Morgan fingerprint density at radius 2 is 1.43 bits per heavy atom. The van der Waals surface area contributed by atoms with Crippen molar-refractivity contribution in [2.75, 3.05) is 6.54 Å². The van der Waals surface area contributed by atoms with Crippen LogP contribution in [0.15, 0.2) is 0 Å². The summed E-state index contributed by atoms with van der Waals surface area (Å²) in [6.45, 7) is 11.0. The first-order valence-electron chi connectivity index (χ1n) is 7.74. The average Bonchev–Trinajstić information content (AvgIpc) is 2.43. The Bertz CT molecular complexity index is 448. The molecule has 0 fully saturated rings. The highest BCUT2D eigenvalue weighted by molar-refractivity contribution is 5.83. The number of carbonyl (C=O) groups is 4. The zero-order valence-electron chi connectivity index (χ0n) is 15.0. The normalized spacial score (nSPS) is 14.3. The van der Waals surface area contributed by atoms with Crippen LogP contribution in [0, 0.1) is 22.2 Å². The van der Waals surface area contributed by atoms with Gasteiger partial charge in [-0.3, -0.25) is 4.79 Å². The zero-order valence-corrected chi connectivity index (χ0v) is 15.0. The van der Waals surface area contributed by atoms with Crippen LogP contribution in [0.4, 0.5) is 0 Å². The summed E-state index contributed by atoms with van der Waals surface area (Å²) in [5, 5.41) is 2.82. The number of amides is 1. The van der Waals surface area contributed by atoms with Gasteiger partial charge in [0.25, 0.3) is 0 Å². The lowest BCUT2D eigenvalue weighted by atomic mass is 9.68. The second-order valence-corrected chi connectivity index (χ2v) is 8.18. The number of aldehydes is 3. The third-order valence-corrected chi connectivity index (χ3v) is 4.46. The largest absolute Gasteiger partial charge is 0.355 e. The Morgan fingerprint density at radius 1 is 0.957 bits per heavy atom. The summed E-state index contributed by atoms with van der Waals surface area (Å²) in [6, 6.07) is -0.670. The van der Waals surface area contributed by atoms with E-state index in [1.165, 1.54) is 0 Å². The Kier molecular flexibility index (Phi) is 7.28. The van der Waals surface area contributed by atoms with Gasteiger partial charge in [-0.1, -0.05) is 41.5 Å². The van der Waals surface area contributed by atoms with Crippen LogP contribution in [0.3, 0.4) is 0 Å². The minimum absolute atomic E-state index is 0.202. The van der Waals surface area contributed by atoms with Crippen LogP contribution in [0.25, 0.3) is 0 Å². The quantitative estimate of drug-likeness (QED) is 0.462. The van der Waals surface area contributed by atoms with Crippen LogP contribution in [-0.4, -0.2) is 37.4 Å². The van der Waals surface area contributed by atoms with Gasteiger partial charge in [0.1, 0.15) is 18.9 Å². The maximum absolute atomic E-state index is 12.5. The van der Waals surface area contributed by atoms with Gasteiger partial charge in [0, 0.05) is 17.4 Å². The van der Waals surface area contributed by atoms with Gasteiger partial charge >= 0.3 is 0 Å². The van der Waals surface area contributed by atoms with Crippen LogP contribution >= 0.6 is 0 Å². The van der Waals surface area contributed by atoms with Crippen LogP contribution in [-0.2, 0) is 19.2 Å². The molecule has 0 aromatic rings. The van der Waals surface area contributed by atoms with Crippen molar-refractivity contribution in [3.05, 3.63) is 0 Å². The summed E-state index contributed by atoms with van der Waals surface area (Å²) >= 11 is 0. The highest BCUT2D eigenvalue weighted by Crippen LogP contribution is 2.38. The molecule has 0 aromatic carbocycles. The van der Waals surface area contributed by atoms with Crippen LogP contribution in [0.1, 0.15) is 48.0 Å². The first-order chi connectivity index (χ1) is 10.3. The van der Waals surface area contributed by atoms with E-state index in [9.17, 15) is 19.2 Å². The lowest BCUT2D eigenvalue weighted by Gasteiger charge is -2.36. The van der Waals surface area contributed by atoms with Crippen molar-refractivity contribution >= 4 is 24.8 Å². The molecule has 0 saturated heterocycles. The van der Waals surface area contributed by atoms with E-state index in [0.29, 0.717) is 25.3 Å². The zero-order chi connectivity index (χ0) is 18.5. The SMILES string of the molecule is CC(C)(CC(C)(C)C(C=O)C=O)C(=O)NCC(C)(C)C(N)C=O. The molecule has 0 bridgehead atoms. The Morgan fingerprint density at radius 3 is 1.83 bits per heavy atom. The summed E-state index contributed by atoms with van der Waals surface area (Å²) in [5.74, 6) is -0.957. The van der Waals surface area contributed by atoms with Gasteiger partial charge in [-0.2, -0.15) is 0 Å². The Balaban J connectivity index is 4.95. The van der Waals surface area contributed by atoms with Crippen molar-refractivity contribution in [2.45, 2.75) is 54.0 Å². The molecule has 0 radical (unpaired) electrons. The molecule has 1 amide bonds. The lowest BCUT2D eigenvalue weighted by molar-refractivity contribution is -0.134. The van der Waals surface area contributed by atoms with E-state index in [2.05, 4.69) is 5.32 Å². The van der Waals surface area contributed by atoms with Crippen molar-refractivity contribution in [2.24, 2.45) is 27.9 Å². The molecule has 6 heteroatoms. The minimum Gasteiger partial charge on any atom is -0.355 e. The molecule has 0 saturated carbocycles. The molecule has 0 aromatic heterocycles. The van der Waals surface area contributed by atoms with Crippen molar-refractivity contribution in [3.63, 3.8) is 0 Å². The fourth-order valence-corrected chi connectivity index (χ4v) is 2.59. The van der Waals surface area contributed by atoms with Gasteiger partial charge in [-0.05, 0) is 11.8 Å². The summed E-state index contributed by atoms with van der Waals surface area (Å²) in [5.41, 5.74) is 3.77. The number of carbonyl (C=O) groups excluding carboxylic acids is 4. The van der Waals surface area contributed by atoms with E-state index >= 15 is 0 Å². The first kappa shape index (κ1) is 21.4.